The second kappa shape index (κ2) is 7.02. The molecule has 0 fully saturated rings. The molecule has 8 heteroatoms. The van der Waals surface area contributed by atoms with Crippen molar-refractivity contribution >= 4 is 16.1 Å². The van der Waals surface area contributed by atoms with Gasteiger partial charge in [0.2, 0.25) is 10.0 Å². The molecule has 1 rings (SSSR count). The first-order valence-corrected chi connectivity index (χ1v) is 8.48. The zero-order valence-corrected chi connectivity index (χ0v) is 13.9. The SMILES string of the molecule is CCN(CC)S(=O)(=O)c1ccc(/C=C/C(C)(O)C(F)(F)F)cc1. The minimum atomic E-state index is -4.78. The Balaban J connectivity index is 3.03. The topological polar surface area (TPSA) is 57.6 Å². The number of sulfonamides is 1. The van der Waals surface area contributed by atoms with E-state index in [1.54, 1.807) is 13.8 Å². The minimum Gasteiger partial charge on any atom is -0.377 e. The van der Waals surface area contributed by atoms with Gasteiger partial charge < -0.3 is 5.11 Å². The number of rotatable bonds is 6. The Bertz CT molecular complexity index is 646. The van der Waals surface area contributed by atoms with Crippen LogP contribution in [0, 0.1) is 0 Å². The van der Waals surface area contributed by atoms with E-state index in [2.05, 4.69) is 0 Å². The molecule has 1 unspecified atom stereocenters. The van der Waals surface area contributed by atoms with E-state index in [4.69, 9.17) is 0 Å². The fourth-order valence-electron chi connectivity index (χ4n) is 1.82. The number of hydrogen-bond acceptors (Lipinski definition) is 3. The molecule has 0 aliphatic carbocycles. The molecule has 130 valence electrons. The molecule has 0 aliphatic heterocycles. The van der Waals surface area contributed by atoms with Gasteiger partial charge in [-0.15, -0.1) is 0 Å². The number of benzene rings is 1. The van der Waals surface area contributed by atoms with Crippen LogP contribution in [0.25, 0.3) is 6.08 Å². The molecule has 0 heterocycles. The van der Waals surface area contributed by atoms with Gasteiger partial charge in [0.25, 0.3) is 0 Å². The second-order valence-corrected chi connectivity index (χ2v) is 7.07. The molecule has 1 atom stereocenters. The summed E-state index contributed by atoms with van der Waals surface area (Å²) in [5.41, 5.74) is -2.59. The maximum atomic E-state index is 12.5. The van der Waals surface area contributed by atoms with E-state index in [1.807, 2.05) is 0 Å². The predicted octanol–water partition coefficient (Wildman–Crippen LogP) is 3.04. The highest BCUT2D eigenvalue weighted by atomic mass is 32.2. The third-order valence-corrected chi connectivity index (χ3v) is 5.46. The standard InChI is InChI=1S/C15H20F3NO3S/c1-4-19(5-2)23(21,22)13-8-6-12(7-9-13)10-11-14(3,20)15(16,17)18/h6-11,20H,4-5H2,1-3H3/b11-10+. The lowest BCUT2D eigenvalue weighted by molar-refractivity contribution is -0.232. The summed E-state index contributed by atoms with van der Waals surface area (Å²) >= 11 is 0. The lowest BCUT2D eigenvalue weighted by Crippen LogP contribution is -2.39. The van der Waals surface area contributed by atoms with Gasteiger partial charge in [0, 0.05) is 13.1 Å². The van der Waals surface area contributed by atoms with Gasteiger partial charge in [-0.3, -0.25) is 0 Å². The molecule has 4 nitrogen and oxygen atoms in total. The summed E-state index contributed by atoms with van der Waals surface area (Å²) in [6, 6.07) is 5.43. The van der Waals surface area contributed by atoms with Crippen molar-refractivity contribution in [2.75, 3.05) is 13.1 Å². The highest BCUT2D eigenvalue weighted by Gasteiger charge is 2.47. The van der Waals surface area contributed by atoms with E-state index in [-0.39, 0.29) is 4.90 Å². The van der Waals surface area contributed by atoms with E-state index in [0.717, 1.165) is 6.08 Å². The first kappa shape index (κ1) is 19.7. The lowest BCUT2D eigenvalue weighted by atomic mass is 10.0. The molecule has 0 radical (unpaired) electrons. The molecular formula is C15H20F3NO3S. The Labute approximate surface area is 134 Å². The van der Waals surface area contributed by atoms with Crippen LogP contribution < -0.4 is 0 Å². The third kappa shape index (κ3) is 4.55. The first-order valence-electron chi connectivity index (χ1n) is 7.04. The van der Waals surface area contributed by atoms with Crippen LogP contribution in [0.4, 0.5) is 13.2 Å². The molecule has 1 aromatic rings. The normalized spacial score (nSPS) is 16.0. The van der Waals surface area contributed by atoms with E-state index in [9.17, 15) is 26.7 Å². The summed E-state index contributed by atoms with van der Waals surface area (Å²) in [5.74, 6) is 0. The van der Waals surface area contributed by atoms with Crippen molar-refractivity contribution in [3.63, 3.8) is 0 Å². The molecule has 0 bridgehead atoms. The molecule has 0 spiro atoms. The summed E-state index contributed by atoms with van der Waals surface area (Å²) in [4.78, 5) is 0.0703. The van der Waals surface area contributed by atoms with E-state index in [0.29, 0.717) is 31.7 Å². The Kier molecular flexibility index (Phi) is 6.00. The summed E-state index contributed by atoms with van der Waals surface area (Å²) in [7, 11) is -3.60. The molecule has 0 amide bonds. The second-order valence-electron chi connectivity index (χ2n) is 5.14. The fourth-order valence-corrected chi connectivity index (χ4v) is 3.27. The summed E-state index contributed by atoms with van der Waals surface area (Å²) in [6.07, 6.45) is -3.06. The largest absolute Gasteiger partial charge is 0.420 e. The maximum Gasteiger partial charge on any atom is 0.420 e. The van der Waals surface area contributed by atoms with Crippen molar-refractivity contribution in [3.05, 3.63) is 35.9 Å². The molecule has 1 N–H and O–H groups in total. The van der Waals surface area contributed by atoms with Crippen molar-refractivity contribution in [1.82, 2.24) is 4.31 Å². The number of halogens is 3. The average molecular weight is 351 g/mol. The number of alkyl halides is 3. The van der Waals surface area contributed by atoms with Gasteiger partial charge in [0.05, 0.1) is 4.90 Å². The highest BCUT2D eigenvalue weighted by molar-refractivity contribution is 7.89. The smallest absolute Gasteiger partial charge is 0.377 e. The number of hydrogen-bond donors (Lipinski definition) is 1. The van der Waals surface area contributed by atoms with Crippen LogP contribution in [0.2, 0.25) is 0 Å². The Morgan fingerprint density at radius 3 is 2.00 bits per heavy atom. The van der Waals surface area contributed by atoms with Gasteiger partial charge in [0.1, 0.15) is 0 Å². The van der Waals surface area contributed by atoms with Crippen molar-refractivity contribution in [2.24, 2.45) is 0 Å². The van der Waals surface area contributed by atoms with Crippen LogP contribution in [0.1, 0.15) is 26.3 Å². The zero-order chi connectivity index (χ0) is 17.9. The summed E-state index contributed by atoms with van der Waals surface area (Å²) in [6.45, 7) is 4.74. The number of aliphatic hydroxyl groups is 1. The van der Waals surface area contributed by atoms with E-state index < -0.39 is 21.8 Å². The van der Waals surface area contributed by atoms with Gasteiger partial charge in [-0.2, -0.15) is 17.5 Å². The van der Waals surface area contributed by atoms with Crippen LogP contribution in [-0.2, 0) is 10.0 Å². The molecule has 1 aromatic carbocycles. The lowest BCUT2D eigenvalue weighted by Gasteiger charge is -2.22. The summed E-state index contributed by atoms with van der Waals surface area (Å²) in [5, 5.41) is 9.32. The van der Waals surface area contributed by atoms with Crippen LogP contribution >= 0.6 is 0 Å². The molecule has 23 heavy (non-hydrogen) atoms. The van der Waals surface area contributed by atoms with Crippen LogP contribution in [0.15, 0.2) is 35.2 Å². The van der Waals surface area contributed by atoms with Gasteiger partial charge in [0.15, 0.2) is 5.60 Å². The zero-order valence-electron chi connectivity index (χ0n) is 13.1. The monoisotopic (exact) mass is 351 g/mol. The quantitative estimate of drug-likeness (QED) is 0.857. The average Bonchev–Trinajstić information content (AvgIpc) is 2.45. The Hall–Kier alpha value is -1.38. The molecule has 0 aromatic heterocycles. The van der Waals surface area contributed by atoms with Crippen molar-refractivity contribution in [3.8, 4) is 0 Å². The number of nitrogens with zero attached hydrogens (tertiary/aromatic N) is 1. The van der Waals surface area contributed by atoms with Gasteiger partial charge >= 0.3 is 6.18 Å². The molecule has 0 saturated heterocycles. The first-order chi connectivity index (χ1) is 10.5. The van der Waals surface area contributed by atoms with Crippen molar-refractivity contribution in [1.29, 1.82) is 0 Å². The van der Waals surface area contributed by atoms with Gasteiger partial charge in [-0.05, 0) is 30.7 Å². The molecule has 0 saturated carbocycles. The maximum absolute atomic E-state index is 12.5. The Morgan fingerprint density at radius 1 is 1.13 bits per heavy atom. The summed E-state index contributed by atoms with van der Waals surface area (Å²) < 4.78 is 63.4. The van der Waals surface area contributed by atoms with Crippen LogP contribution in [0.5, 0.6) is 0 Å². The van der Waals surface area contributed by atoms with E-state index >= 15 is 0 Å². The fraction of sp³-hybridized carbons (Fsp3) is 0.467. The molecular weight excluding hydrogens is 331 g/mol. The van der Waals surface area contributed by atoms with Crippen LogP contribution in [0.3, 0.4) is 0 Å². The van der Waals surface area contributed by atoms with Crippen molar-refractivity contribution < 1.29 is 26.7 Å². The van der Waals surface area contributed by atoms with E-state index in [1.165, 1.54) is 28.6 Å². The van der Waals surface area contributed by atoms with Gasteiger partial charge in [-0.1, -0.05) is 32.1 Å². The predicted molar refractivity (Wildman–Crippen MR) is 82.3 cm³/mol. The highest BCUT2D eigenvalue weighted by Crippen LogP contribution is 2.31. The van der Waals surface area contributed by atoms with Gasteiger partial charge in [-0.25, -0.2) is 8.42 Å². The Morgan fingerprint density at radius 2 is 1.61 bits per heavy atom. The van der Waals surface area contributed by atoms with Crippen LogP contribution in [-0.4, -0.2) is 42.7 Å². The third-order valence-electron chi connectivity index (χ3n) is 3.40. The van der Waals surface area contributed by atoms with Crippen molar-refractivity contribution in [2.45, 2.75) is 37.4 Å². The minimum absolute atomic E-state index is 0.0703. The molecule has 0 aliphatic rings.